The minimum atomic E-state index is 0.0142. The summed E-state index contributed by atoms with van der Waals surface area (Å²) in [5.41, 5.74) is 5.19. The average molecular weight is 420 g/mol. The highest BCUT2D eigenvalue weighted by Crippen LogP contribution is 2.26. The van der Waals surface area contributed by atoms with Crippen molar-refractivity contribution >= 4 is 23.1 Å². The first-order valence-corrected chi connectivity index (χ1v) is 11.5. The Balaban J connectivity index is 1.26. The van der Waals surface area contributed by atoms with Gasteiger partial charge in [0.2, 0.25) is 5.91 Å². The Hall–Kier alpha value is -2.66. The molecule has 0 aromatic heterocycles. The van der Waals surface area contributed by atoms with Crippen LogP contribution < -0.4 is 10.2 Å². The number of aryl methyl sites for hydroxylation is 2. The van der Waals surface area contributed by atoms with E-state index in [0.29, 0.717) is 6.54 Å². The van der Waals surface area contributed by atoms with Crippen molar-refractivity contribution in [2.24, 2.45) is 5.92 Å². The molecular formula is C26H33N3O2. The fraction of sp³-hybridized carbons (Fsp3) is 0.462. The van der Waals surface area contributed by atoms with Gasteiger partial charge >= 0.3 is 0 Å². The first-order valence-electron chi connectivity index (χ1n) is 11.5. The zero-order valence-corrected chi connectivity index (χ0v) is 18.7. The monoisotopic (exact) mass is 419 g/mol. The summed E-state index contributed by atoms with van der Waals surface area (Å²) in [6.07, 6.45) is 4.13. The molecule has 0 bridgehead atoms. The lowest BCUT2D eigenvalue weighted by Gasteiger charge is -2.30. The third-order valence-corrected chi connectivity index (χ3v) is 6.62. The molecule has 1 N–H and O–H groups in total. The molecule has 1 amide bonds. The maximum absolute atomic E-state index is 12.7. The number of hydrogen-bond donors (Lipinski definition) is 1. The third kappa shape index (κ3) is 5.34. The first-order chi connectivity index (χ1) is 15.0. The molecule has 5 heteroatoms. The Labute approximate surface area is 185 Å². The van der Waals surface area contributed by atoms with Gasteiger partial charge in [-0.15, -0.1) is 0 Å². The van der Waals surface area contributed by atoms with Gasteiger partial charge in [0.15, 0.2) is 5.78 Å². The molecule has 0 unspecified atom stereocenters. The van der Waals surface area contributed by atoms with E-state index < -0.39 is 0 Å². The van der Waals surface area contributed by atoms with Gasteiger partial charge in [-0.25, -0.2) is 0 Å². The van der Waals surface area contributed by atoms with Crippen LogP contribution in [-0.2, 0) is 4.79 Å². The van der Waals surface area contributed by atoms with Crippen molar-refractivity contribution in [3.63, 3.8) is 0 Å². The molecule has 2 heterocycles. The number of hydrogen-bond acceptors (Lipinski definition) is 4. The van der Waals surface area contributed by atoms with E-state index in [1.807, 2.05) is 37.3 Å². The number of rotatable bonds is 6. The van der Waals surface area contributed by atoms with E-state index in [-0.39, 0.29) is 17.6 Å². The van der Waals surface area contributed by atoms with Crippen molar-refractivity contribution in [1.29, 1.82) is 0 Å². The fourth-order valence-corrected chi connectivity index (χ4v) is 4.66. The Bertz CT molecular complexity index is 924. The van der Waals surface area contributed by atoms with Crippen molar-refractivity contribution in [3.8, 4) is 0 Å². The second-order valence-electron chi connectivity index (χ2n) is 9.02. The molecule has 2 aromatic carbocycles. The topological polar surface area (TPSA) is 52.7 Å². The molecule has 0 radical (unpaired) electrons. The fourth-order valence-electron chi connectivity index (χ4n) is 4.66. The highest BCUT2D eigenvalue weighted by molar-refractivity contribution is 5.98. The average Bonchev–Trinajstić information content (AvgIpc) is 3.31. The van der Waals surface area contributed by atoms with Gasteiger partial charge in [0, 0.05) is 35.9 Å². The molecule has 2 saturated heterocycles. The summed E-state index contributed by atoms with van der Waals surface area (Å²) in [5, 5.41) is 3.07. The van der Waals surface area contributed by atoms with Crippen molar-refractivity contribution in [1.82, 2.24) is 4.90 Å². The number of anilines is 2. The van der Waals surface area contributed by atoms with E-state index in [4.69, 9.17) is 0 Å². The molecule has 2 aliphatic heterocycles. The van der Waals surface area contributed by atoms with Crippen LogP contribution in [0.1, 0.15) is 47.2 Å². The number of piperidine rings is 1. The number of carbonyl (C=O) groups excluding carboxylic acids is 2. The highest BCUT2D eigenvalue weighted by atomic mass is 16.2. The third-order valence-electron chi connectivity index (χ3n) is 6.62. The van der Waals surface area contributed by atoms with Gasteiger partial charge in [0.1, 0.15) is 0 Å². The van der Waals surface area contributed by atoms with E-state index in [9.17, 15) is 9.59 Å². The number of nitrogens with one attached hydrogen (secondary N) is 1. The number of likely N-dealkylation sites (tertiary alicyclic amines) is 1. The summed E-state index contributed by atoms with van der Waals surface area (Å²) in [7, 11) is 0. The van der Waals surface area contributed by atoms with Gasteiger partial charge in [-0.05, 0) is 76.4 Å². The number of carbonyl (C=O) groups is 2. The van der Waals surface area contributed by atoms with Gasteiger partial charge in [-0.2, -0.15) is 0 Å². The quantitative estimate of drug-likeness (QED) is 0.704. The molecule has 2 aromatic rings. The number of ketones is 1. The van der Waals surface area contributed by atoms with Gasteiger partial charge in [-0.3, -0.25) is 14.5 Å². The SMILES string of the molecule is Cc1ccc(C(=O)C2CCN(CC(=O)Nc3ccc(N4CCCC4)cc3C)CC2)cc1. The lowest BCUT2D eigenvalue weighted by atomic mass is 9.88. The maximum atomic E-state index is 12.7. The molecule has 5 nitrogen and oxygen atoms in total. The summed E-state index contributed by atoms with van der Waals surface area (Å²) in [6.45, 7) is 8.25. The van der Waals surface area contributed by atoms with Crippen molar-refractivity contribution < 1.29 is 9.59 Å². The van der Waals surface area contributed by atoms with E-state index in [1.165, 1.54) is 24.1 Å². The van der Waals surface area contributed by atoms with Crippen molar-refractivity contribution in [2.45, 2.75) is 39.5 Å². The van der Waals surface area contributed by atoms with Crippen LogP contribution in [0.4, 0.5) is 11.4 Å². The van der Waals surface area contributed by atoms with E-state index >= 15 is 0 Å². The molecular weight excluding hydrogens is 386 g/mol. The van der Waals surface area contributed by atoms with Crippen LogP contribution >= 0.6 is 0 Å². The predicted molar refractivity (Wildman–Crippen MR) is 126 cm³/mol. The molecule has 0 aliphatic carbocycles. The van der Waals surface area contributed by atoms with Crippen LogP contribution in [0.3, 0.4) is 0 Å². The molecule has 2 aliphatic rings. The summed E-state index contributed by atoms with van der Waals surface area (Å²) in [5.74, 6) is 0.306. The standard InChI is InChI=1S/C26H33N3O2/c1-19-5-7-21(8-6-19)26(31)22-11-15-28(16-12-22)18-25(30)27-24-10-9-23(17-20(24)2)29-13-3-4-14-29/h5-10,17,22H,3-4,11-16,18H2,1-2H3,(H,27,30). The minimum Gasteiger partial charge on any atom is -0.372 e. The van der Waals surface area contributed by atoms with Gasteiger partial charge < -0.3 is 10.2 Å². The van der Waals surface area contributed by atoms with Crippen LogP contribution in [0, 0.1) is 19.8 Å². The second kappa shape index (κ2) is 9.65. The largest absolute Gasteiger partial charge is 0.372 e. The normalized spacial score (nSPS) is 17.7. The van der Waals surface area contributed by atoms with Crippen LogP contribution in [0.5, 0.6) is 0 Å². The number of Topliss-reactive ketones (excluding diaryl/α,β-unsaturated/α-hetero) is 1. The molecule has 0 spiro atoms. The Kier molecular flexibility index (Phi) is 6.71. The van der Waals surface area contributed by atoms with Crippen LogP contribution in [0.15, 0.2) is 42.5 Å². The number of benzene rings is 2. The minimum absolute atomic E-state index is 0.0142. The summed E-state index contributed by atoms with van der Waals surface area (Å²) < 4.78 is 0. The molecule has 2 fully saturated rings. The second-order valence-corrected chi connectivity index (χ2v) is 9.02. The maximum Gasteiger partial charge on any atom is 0.238 e. The Morgan fingerprint density at radius 3 is 2.26 bits per heavy atom. The lowest BCUT2D eigenvalue weighted by Crippen LogP contribution is -2.40. The molecule has 0 saturated carbocycles. The Morgan fingerprint density at radius 2 is 1.61 bits per heavy atom. The molecule has 31 heavy (non-hydrogen) atoms. The highest BCUT2D eigenvalue weighted by Gasteiger charge is 2.26. The zero-order chi connectivity index (χ0) is 21.8. The van der Waals surface area contributed by atoms with Crippen LogP contribution in [-0.4, -0.2) is 49.3 Å². The summed E-state index contributed by atoms with van der Waals surface area (Å²) in [4.78, 5) is 29.9. The molecule has 164 valence electrons. The van der Waals surface area contributed by atoms with Crippen LogP contribution in [0.2, 0.25) is 0 Å². The predicted octanol–water partition coefficient (Wildman–Crippen LogP) is 4.44. The zero-order valence-electron chi connectivity index (χ0n) is 18.7. The van der Waals surface area contributed by atoms with Crippen molar-refractivity contribution in [2.75, 3.05) is 42.9 Å². The smallest absolute Gasteiger partial charge is 0.238 e. The number of amides is 1. The lowest BCUT2D eigenvalue weighted by molar-refractivity contribution is -0.117. The van der Waals surface area contributed by atoms with Crippen LogP contribution in [0.25, 0.3) is 0 Å². The Morgan fingerprint density at radius 1 is 0.935 bits per heavy atom. The first kappa shape index (κ1) is 21.6. The van der Waals surface area contributed by atoms with E-state index in [0.717, 1.165) is 55.8 Å². The summed E-state index contributed by atoms with van der Waals surface area (Å²) >= 11 is 0. The molecule has 0 atom stereocenters. The molecule has 4 rings (SSSR count). The summed E-state index contributed by atoms with van der Waals surface area (Å²) in [6, 6.07) is 14.1. The number of nitrogens with zero attached hydrogens (tertiary/aromatic N) is 2. The van der Waals surface area contributed by atoms with Gasteiger partial charge in [-0.1, -0.05) is 29.8 Å². The van der Waals surface area contributed by atoms with Gasteiger partial charge in [0.25, 0.3) is 0 Å². The van der Waals surface area contributed by atoms with E-state index in [1.54, 1.807) is 0 Å². The van der Waals surface area contributed by atoms with Crippen molar-refractivity contribution in [3.05, 3.63) is 59.2 Å². The van der Waals surface area contributed by atoms with Gasteiger partial charge in [0.05, 0.1) is 6.54 Å². The van der Waals surface area contributed by atoms with E-state index in [2.05, 4.69) is 34.2 Å².